The Balaban J connectivity index is 2.13. The van der Waals surface area contributed by atoms with Crippen LogP contribution in [0.15, 0.2) is 4.99 Å². The average molecular weight is 333 g/mol. The minimum atomic E-state index is -2.94. The van der Waals surface area contributed by atoms with Gasteiger partial charge in [0.05, 0.1) is 19.0 Å². The number of sulfone groups is 1. The summed E-state index contributed by atoms with van der Waals surface area (Å²) >= 11 is 0. The monoisotopic (exact) mass is 333 g/mol. The van der Waals surface area contributed by atoms with Crippen LogP contribution in [0.1, 0.15) is 39.0 Å². The van der Waals surface area contributed by atoms with E-state index < -0.39 is 9.84 Å². The summed E-state index contributed by atoms with van der Waals surface area (Å²) in [6.45, 7) is 3.60. The molecule has 1 rings (SSSR count). The average Bonchev–Trinajstić information content (AvgIpc) is 2.49. The third-order valence-corrected chi connectivity index (χ3v) is 5.03. The van der Waals surface area contributed by atoms with E-state index in [1.807, 2.05) is 0 Å². The Morgan fingerprint density at radius 2 is 1.91 bits per heavy atom. The topological polar surface area (TPSA) is 79.8 Å². The van der Waals surface area contributed by atoms with Gasteiger partial charge in [0.2, 0.25) is 0 Å². The second kappa shape index (κ2) is 10.0. The van der Waals surface area contributed by atoms with E-state index in [-0.39, 0.29) is 12.4 Å². The lowest BCUT2D eigenvalue weighted by molar-refractivity contribution is 0.154. The van der Waals surface area contributed by atoms with Crippen molar-refractivity contribution in [1.82, 2.24) is 10.6 Å². The summed E-state index contributed by atoms with van der Waals surface area (Å²) in [6.07, 6.45) is 7.48. The van der Waals surface area contributed by atoms with Gasteiger partial charge in [0.1, 0.15) is 9.84 Å². The number of rotatable bonds is 8. The highest BCUT2D eigenvalue weighted by atomic mass is 32.2. The molecule has 0 aromatic carbocycles. The Labute approximate surface area is 135 Å². The zero-order valence-corrected chi connectivity index (χ0v) is 14.9. The fourth-order valence-electron chi connectivity index (χ4n) is 2.66. The minimum Gasteiger partial charge on any atom is -0.379 e. The molecule has 1 aliphatic carbocycles. The van der Waals surface area contributed by atoms with Crippen LogP contribution in [-0.4, -0.2) is 59.2 Å². The number of nitrogens with zero attached hydrogens (tertiary/aromatic N) is 1. The van der Waals surface area contributed by atoms with Crippen molar-refractivity contribution in [3.63, 3.8) is 0 Å². The highest BCUT2D eigenvalue weighted by Crippen LogP contribution is 2.26. The van der Waals surface area contributed by atoms with Crippen molar-refractivity contribution in [2.45, 2.75) is 45.1 Å². The predicted octanol–water partition coefficient (Wildman–Crippen LogP) is 1.18. The van der Waals surface area contributed by atoms with E-state index in [0.717, 1.165) is 11.9 Å². The molecular weight excluding hydrogens is 302 g/mol. The highest BCUT2D eigenvalue weighted by molar-refractivity contribution is 7.90. The van der Waals surface area contributed by atoms with E-state index in [2.05, 4.69) is 22.5 Å². The molecule has 0 amide bonds. The largest absolute Gasteiger partial charge is 0.379 e. The summed E-state index contributed by atoms with van der Waals surface area (Å²) < 4.78 is 27.2. The van der Waals surface area contributed by atoms with Crippen molar-refractivity contribution in [1.29, 1.82) is 0 Å². The lowest BCUT2D eigenvalue weighted by Gasteiger charge is -2.29. The molecule has 0 aliphatic heterocycles. The number of nitrogens with one attached hydrogen (secondary N) is 2. The van der Waals surface area contributed by atoms with Crippen LogP contribution in [0.2, 0.25) is 0 Å². The van der Waals surface area contributed by atoms with Gasteiger partial charge in [0.15, 0.2) is 5.96 Å². The van der Waals surface area contributed by atoms with Gasteiger partial charge >= 0.3 is 0 Å². The van der Waals surface area contributed by atoms with E-state index in [9.17, 15) is 8.42 Å². The minimum absolute atomic E-state index is 0.0701. The first kappa shape index (κ1) is 19.2. The summed E-state index contributed by atoms with van der Waals surface area (Å²) in [5.41, 5.74) is 0. The summed E-state index contributed by atoms with van der Waals surface area (Å²) in [5.74, 6) is 1.75. The molecule has 0 unspecified atom stereocenters. The van der Waals surface area contributed by atoms with E-state index in [1.54, 1.807) is 7.05 Å². The number of guanidine groups is 1. The number of aliphatic imine (C=N–C) groups is 1. The molecule has 2 N–H and O–H groups in total. The molecule has 7 heteroatoms. The molecule has 0 saturated heterocycles. The van der Waals surface area contributed by atoms with Crippen LogP contribution < -0.4 is 10.6 Å². The molecule has 0 aromatic heterocycles. The summed E-state index contributed by atoms with van der Waals surface area (Å²) in [5, 5.41) is 6.66. The Morgan fingerprint density at radius 1 is 1.23 bits per heavy atom. The number of hydrogen-bond donors (Lipinski definition) is 2. The summed E-state index contributed by atoms with van der Waals surface area (Å²) in [6, 6.07) is 0.500. The van der Waals surface area contributed by atoms with E-state index in [4.69, 9.17) is 4.74 Å². The molecule has 1 aliphatic rings. The molecule has 6 nitrogen and oxygen atoms in total. The number of ether oxygens (including phenoxy) is 1. The molecule has 0 aromatic rings. The smallest absolute Gasteiger partial charge is 0.191 e. The maximum atomic E-state index is 11.0. The SMILES string of the molecule is CCC1CCC(NC(=NC)NCCOCCS(C)(=O)=O)CC1. The number of hydrogen-bond acceptors (Lipinski definition) is 4. The molecule has 130 valence electrons. The van der Waals surface area contributed by atoms with Gasteiger partial charge < -0.3 is 15.4 Å². The van der Waals surface area contributed by atoms with Crippen molar-refractivity contribution >= 4 is 15.8 Å². The highest BCUT2D eigenvalue weighted by Gasteiger charge is 2.20. The predicted molar refractivity (Wildman–Crippen MR) is 91.1 cm³/mol. The second-order valence-electron chi connectivity index (χ2n) is 6.01. The lowest BCUT2D eigenvalue weighted by atomic mass is 9.84. The van der Waals surface area contributed by atoms with Crippen LogP contribution in [0.4, 0.5) is 0 Å². The first-order valence-electron chi connectivity index (χ1n) is 8.17. The van der Waals surface area contributed by atoms with Crippen molar-refractivity contribution in [2.75, 3.05) is 38.8 Å². The molecule has 1 fully saturated rings. The van der Waals surface area contributed by atoms with E-state index >= 15 is 0 Å². The second-order valence-corrected chi connectivity index (χ2v) is 8.27. The van der Waals surface area contributed by atoms with Gasteiger partial charge in [0, 0.05) is 25.9 Å². The van der Waals surface area contributed by atoms with E-state index in [0.29, 0.717) is 19.2 Å². The Morgan fingerprint density at radius 3 is 2.45 bits per heavy atom. The van der Waals surface area contributed by atoms with Crippen LogP contribution in [0.25, 0.3) is 0 Å². The quantitative estimate of drug-likeness (QED) is 0.396. The molecular formula is C15H31N3O3S. The fraction of sp³-hybridized carbons (Fsp3) is 0.933. The van der Waals surface area contributed by atoms with Crippen LogP contribution in [-0.2, 0) is 14.6 Å². The van der Waals surface area contributed by atoms with Crippen molar-refractivity contribution in [3.8, 4) is 0 Å². The normalized spacial score (nSPS) is 23.3. The molecule has 1 saturated carbocycles. The summed E-state index contributed by atoms with van der Waals surface area (Å²) in [7, 11) is -1.18. The van der Waals surface area contributed by atoms with Crippen molar-refractivity contribution < 1.29 is 13.2 Å². The Kier molecular flexibility index (Phi) is 8.78. The Hall–Kier alpha value is -0.820. The van der Waals surface area contributed by atoms with E-state index in [1.165, 1.54) is 38.4 Å². The molecule has 0 bridgehead atoms. The molecule has 0 atom stereocenters. The van der Waals surface area contributed by atoms with Gasteiger partial charge in [-0.3, -0.25) is 4.99 Å². The lowest BCUT2D eigenvalue weighted by Crippen LogP contribution is -2.45. The van der Waals surface area contributed by atoms with Crippen LogP contribution in [0.3, 0.4) is 0 Å². The standard InChI is InChI=1S/C15H31N3O3S/c1-4-13-5-7-14(8-6-13)18-15(16-2)17-9-10-21-11-12-22(3,19)20/h13-14H,4-12H2,1-3H3,(H2,16,17,18). The van der Waals surface area contributed by atoms with Gasteiger partial charge in [-0.05, 0) is 31.6 Å². The maximum absolute atomic E-state index is 11.0. The zero-order chi connectivity index (χ0) is 16.4. The van der Waals surface area contributed by atoms with Crippen molar-refractivity contribution in [2.24, 2.45) is 10.9 Å². The van der Waals surface area contributed by atoms with Crippen LogP contribution in [0.5, 0.6) is 0 Å². The van der Waals surface area contributed by atoms with Gasteiger partial charge in [-0.1, -0.05) is 13.3 Å². The molecule has 0 heterocycles. The first-order chi connectivity index (χ1) is 10.4. The fourth-order valence-corrected chi connectivity index (χ4v) is 3.08. The van der Waals surface area contributed by atoms with Crippen molar-refractivity contribution in [3.05, 3.63) is 0 Å². The van der Waals surface area contributed by atoms with Gasteiger partial charge in [-0.25, -0.2) is 8.42 Å². The Bertz CT molecular complexity index is 429. The third-order valence-electron chi connectivity index (χ3n) is 4.13. The molecule has 0 radical (unpaired) electrons. The van der Waals surface area contributed by atoms with Crippen LogP contribution >= 0.6 is 0 Å². The molecule has 22 heavy (non-hydrogen) atoms. The third kappa shape index (κ3) is 8.58. The zero-order valence-electron chi connectivity index (χ0n) is 14.1. The van der Waals surface area contributed by atoms with Crippen LogP contribution in [0, 0.1) is 5.92 Å². The first-order valence-corrected chi connectivity index (χ1v) is 10.2. The summed E-state index contributed by atoms with van der Waals surface area (Å²) in [4.78, 5) is 4.22. The molecule has 0 spiro atoms. The van der Waals surface area contributed by atoms with Gasteiger partial charge in [-0.15, -0.1) is 0 Å². The van der Waals surface area contributed by atoms with Gasteiger partial charge in [0.25, 0.3) is 0 Å². The maximum Gasteiger partial charge on any atom is 0.191 e. The van der Waals surface area contributed by atoms with Gasteiger partial charge in [-0.2, -0.15) is 0 Å².